The van der Waals surface area contributed by atoms with Crippen LogP contribution < -0.4 is 19.5 Å². The first-order valence-electron chi connectivity index (χ1n) is 9.73. The van der Waals surface area contributed by atoms with Crippen LogP contribution in [0.25, 0.3) is 0 Å². The average Bonchev–Trinajstić information content (AvgIpc) is 2.73. The molecule has 3 aromatic rings. The first-order chi connectivity index (χ1) is 15.2. The third-order valence-electron chi connectivity index (χ3n) is 4.38. The van der Waals surface area contributed by atoms with Gasteiger partial charge in [0.2, 0.25) is 5.95 Å². The molecule has 0 saturated heterocycles. The van der Waals surface area contributed by atoms with E-state index in [2.05, 4.69) is 20.0 Å². The molecule has 0 saturated carbocycles. The van der Waals surface area contributed by atoms with E-state index >= 15 is 0 Å². The molecule has 0 bridgehead atoms. The fourth-order valence-corrected chi connectivity index (χ4v) is 3.77. The number of anilines is 2. The average molecular weight is 457 g/mol. The van der Waals surface area contributed by atoms with Gasteiger partial charge in [0.25, 0.3) is 15.9 Å². The third-order valence-corrected chi connectivity index (χ3v) is 5.73. The zero-order valence-corrected chi connectivity index (χ0v) is 18.9. The largest absolute Gasteiger partial charge is 0.497 e. The number of ether oxygens (including phenoxy) is 2. The van der Waals surface area contributed by atoms with Crippen LogP contribution in [-0.4, -0.2) is 37.5 Å². The molecule has 1 aromatic heterocycles. The number of sulfonamides is 1. The Bertz CT molecular complexity index is 1180. The van der Waals surface area contributed by atoms with Crippen LogP contribution in [0.1, 0.15) is 18.3 Å². The lowest BCUT2D eigenvalue weighted by atomic mass is 10.3. The fraction of sp³-hybridized carbons (Fsp3) is 0.227. The Morgan fingerprint density at radius 2 is 1.50 bits per heavy atom. The Kier molecular flexibility index (Phi) is 6.94. The summed E-state index contributed by atoms with van der Waals surface area (Å²) < 4.78 is 38.3. The molecule has 168 valence electrons. The van der Waals surface area contributed by atoms with Gasteiger partial charge in [0.05, 0.1) is 12.0 Å². The van der Waals surface area contributed by atoms with Crippen LogP contribution in [0, 0.1) is 13.8 Å². The van der Waals surface area contributed by atoms with Gasteiger partial charge < -0.3 is 14.8 Å². The Morgan fingerprint density at radius 1 is 0.938 bits per heavy atom. The molecule has 1 heterocycles. The number of hydrogen-bond acceptors (Lipinski definition) is 7. The highest BCUT2D eigenvalue weighted by molar-refractivity contribution is 7.92. The van der Waals surface area contributed by atoms with Crippen molar-refractivity contribution in [1.82, 2.24) is 9.97 Å². The molecule has 0 spiro atoms. The van der Waals surface area contributed by atoms with E-state index in [1.807, 2.05) is 0 Å². The molecule has 10 heteroatoms. The van der Waals surface area contributed by atoms with Crippen molar-refractivity contribution in [3.8, 4) is 11.5 Å². The molecule has 32 heavy (non-hydrogen) atoms. The van der Waals surface area contributed by atoms with E-state index in [9.17, 15) is 13.2 Å². The zero-order valence-electron chi connectivity index (χ0n) is 18.1. The molecule has 1 unspecified atom stereocenters. The minimum atomic E-state index is -3.88. The van der Waals surface area contributed by atoms with Crippen LogP contribution in [0.3, 0.4) is 0 Å². The summed E-state index contributed by atoms with van der Waals surface area (Å²) in [6.45, 7) is 5.12. The van der Waals surface area contributed by atoms with Crippen molar-refractivity contribution in [3.63, 3.8) is 0 Å². The molecule has 2 N–H and O–H groups in total. The number of methoxy groups -OCH3 is 1. The Morgan fingerprint density at radius 3 is 2.06 bits per heavy atom. The molecule has 1 atom stereocenters. The summed E-state index contributed by atoms with van der Waals surface area (Å²) in [7, 11) is -2.31. The van der Waals surface area contributed by atoms with Gasteiger partial charge in [0.15, 0.2) is 6.10 Å². The Hall–Kier alpha value is -3.66. The molecule has 0 aliphatic rings. The molecule has 2 aromatic carbocycles. The van der Waals surface area contributed by atoms with E-state index in [1.165, 1.54) is 24.3 Å². The van der Waals surface area contributed by atoms with Crippen LogP contribution in [0.2, 0.25) is 0 Å². The van der Waals surface area contributed by atoms with E-state index in [-0.39, 0.29) is 16.8 Å². The topological polar surface area (TPSA) is 120 Å². The normalized spacial score (nSPS) is 12.0. The standard InChI is InChI=1S/C22H24N4O5S/c1-14-13-15(2)24-22(23-14)26-32(28,29)20-11-5-17(6-12-20)25-21(27)16(3)31-19-9-7-18(30-4)8-10-19/h5-13,16H,1-4H3,(H,25,27)(H,23,24,26). The summed E-state index contributed by atoms with van der Waals surface area (Å²) in [6, 6.07) is 14.4. The summed E-state index contributed by atoms with van der Waals surface area (Å²) in [5, 5.41) is 2.70. The van der Waals surface area contributed by atoms with E-state index in [4.69, 9.17) is 9.47 Å². The number of amides is 1. The zero-order chi connectivity index (χ0) is 23.3. The van der Waals surface area contributed by atoms with Crippen LogP contribution in [0.5, 0.6) is 11.5 Å². The van der Waals surface area contributed by atoms with E-state index in [1.54, 1.807) is 58.2 Å². The lowest BCUT2D eigenvalue weighted by Gasteiger charge is -2.15. The number of rotatable bonds is 8. The SMILES string of the molecule is COc1ccc(OC(C)C(=O)Nc2ccc(S(=O)(=O)Nc3nc(C)cc(C)n3)cc2)cc1. The van der Waals surface area contributed by atoms with Gasteiger partial charge in [-0.25, -0.2) is 23.1 Å². The number of aromatic nitrogens is 2. The minimum Gasteiger partial charge on any atom is -0.497 e. The van der Waals surface area contributed by atoms with Crippen molar-refractivity contribution in [2.75, 3.05) is 17.1 Å². The predicted octanol–water partition coefficient (Wildman–Crippen LogP) is 3.31. The summed E-state index contributed by atoms with van der Waals surface area (Å²) in [4.78, 5) is 20.6. The number of aryl methyl sites for hydroxylation is 2. The molecule has 0 aliphatic heterocycles. The molecule has 3 rings (SSSR count). The second kappa shape index (κ2) is 9.65. The van der Waals surface area contributed by atoms with Gasteiger partial charge >= 0.3 is 0 Å². The highest BCUT2D eigenvalue weighted by Crippen LogP contribution is 2.20. The van der Waals surface area contributed by atoms with Gasteiger partial charge in [0.1, 0.15) is 11.5 Å². The van der Waals surface area contributed by atoms with Crippen molar-refractivity contribution in [2.24, 2.45) is 0 Å². The van der Waals surface area contributed by atoms with Crippen LogP contribution in [0.4, 0.5) is 11.6 Å². The molecule has 0 radical (unpaired) electrons. The summed E-state index contributed by atoms with van der Waals surface area (Å²) in [5.41, 5.74) is 1.74. The Labute approximate surface area is 186 Å². The highest BCUT2D eigenvalue weighted by atomic mass is 32.2. The number of benzene rings is 2. The van der Waals surface area contributed by atoms with Gasteiger partial charge in [-0.1, -0.05) is 0 Å². The van der Waals surface area contributed by atoms with Crippen LogP contribution in [-0.2, 0) is 14.8 Å². The number of nitrogens with zero attached hydrogens (tertiary/aromatic N) is 2. The second-order valence-corrected chi connectivity index (χ2v) is 8.71. The van der Waals surface area contributed by atoms with Crippen molar-refractivity contribution in [2.45, 2.75) is 31.8 Å². The first-order valence-corrected chi connectivity index (χ1v) is 11.2. The van der Waals surface area contributed by atoms with Crippen molar-refractivity contribution >= 4 is 27.6 Å². The summed E-state index contributed by atoms with van der Waals surface area (Å²) >= 11 is 0. The number of carbonyl (C=O) groups excluding carboxylic acids is 1. The maximum Gasteiger partial charge on any atom is 0.265 e. The van der Waals surface area contributed by atoms with Gasteiger partial charge in [-0.3, -0.25) is 4.79 Å². The van der Waals surface area contributed by atoms with Gasteiger partial charge in [-0.2, -0.15) is 0 Å². The van der Waals surface area contributed by atoms with Crippen molar-refractivity contribution in [3.05, 3.63) is 66.0 Å². The molecule has 0 fully saturated rings. The van der Waals surface area contributed by atoms with Crippen LogP contribution >= 0.6 is 0 Å². The maximum absolute atomic E-state index is 12.6. The lowest BCUT2D eigenvalue weighted by Crippen LogP contribution is -2.30. The third kappa shape index (κ3) is 5.94. The molecule has 1 amide bonds. The number of hydrogen-bond donors (Lipinski definition) is 2. The quantitative estimate of drug-likeness (QED) is 0.534. The van der Waals surface area contributed by atoms with Crippen molar-refractivity contribution < 1.29 is 22.7 Å². The maximum atomic E-state index is 12.6. The predicted molar refractivity (Wildman–Crippen MR) is 120 cm³/mol. The smallest absolute Gasteiger partial charge is 0.265 e. The van der Waals surface area contributed by atoms with E-state index in [0.717, 1.165) is 0 Å². The minimum absolute atomic E-state index is 0.00406. The van der Waals surface area contributed by atoms with E-state index < -0.39 is 16.1 Å². The lowest BCUT2D eigenvalue weighted by molar-refractivity contribution is -0.122. The van der Waals surface area contributed by atoms with E-state index in [0.29, 0.717) is 28.6 Å². The number of nitrogens with one attached hydrogen (secondary N) is 2. The molecule has 0 aliphatic carbocycles. The van der Waals surface area contributed by atoms with Gasteiger partial charge in [-0.05, 0) is 75.4 Å². The second-order valence-electron chi connectivity index (χ2n) is 7.03. The van der Waals surface area contributed by atoms with Crippen LogP contribution in [0.15, 0.2) is 59.5 Å². The molecular formula is C22H24N4O5S. The molecule has 9 nitrogen and oxygen atoms in total. The summed E-state index contributed by atoms with van der Waals surface area (Å²) in [6.07, 6.45) is -0.768. The first kappa shape index (κ1) is 23.0. The van der Waals surface area contributed by atoms with Gasteiger partial charge in [-0.15, -0.1) is 0 Å². The van der Waals surface area contributed by atoms with Crippen molar-refractivity contribution in [1.29, 1.82) is 0 Å². The number of carbonyl (C=O) groups is 1. The Balaban J connectivity index is 1.63. The summed E-state index contributed by atoms with van der Waals surface area (Å²) in [5.74, 6) is 0.834. The fourth-order valence-electron chi connectivity index (χ4n) is 2.82. The van der Waals surface area contributed by atoms with Gasteiger partial charge in [0, 0.05) is 17.1 Å². The monoisotopic (exact) mass is 456 g/mol. The molecular weight excluding hydrogens is 432 g/mol. The highest BCUT2D eigenvalue weighted by Gasteiger charge is 2.18.